The van der Waals surface area contributed by atoms with Crippen LogP contribution in [0, 0.1) is 0 Å². The van der Waals surface area contributed by atoms with Crippen LogP contribution >= 0.6 is 0 Å². The van der Waals surface area contributed by atoms with Crippen molar-refractivity contribution in [2.24, 2.45) is 0 Å². The fraction of sp³-hybridized carbons (Fsp3) is 0.538. The van der Waals surface area contributed by atoms with Crippen LogP contribution in [-0.2, 0) is 13.1 Å². The Bertz CT molecular complexity index is 469. The Morgan fingerprint density at radius 2 is 1.65 bits per heavy atom. The van der Waals surface area contributed by atoms with Crippen molar-refractivity contribution in [1.82, 2.24) is 19.6 Å². The molecule has 0 bridgehead atoms. The van der Waals surface area contributed by atoms with Gasteiger partial charge in [0.2, 0.25) is 0 Å². The van der Waals surface area contributed by atoms with Crippen LogP contribution in [0.3, 0.4) is 0 Å². The van der Waals surface area contributed by atoms with Crippen LogP contribution in [0.1, 0.15) is 44.2 Å². The second-order valence-electron chi connectivity index (χ2n) is 4.39. The molecule has 0 saturated heterocycles. The molecule has 2 aromatic heterocycles. The molecule has 92 valence electrons. The molecule has 0 spiro atoms. The van der Waals surface area contributed by atoms with Crippen molar-refractivity contribution in [3.8, 4) is 0 Å². The molecule has 4 nitrogen and oxygen atoms in total. The van der Waals surface area contributed by atoms with Gasteiger partial charge in [-0.3, -0.25) is 9.36 Å². The molecule has 2 rings (SSSR count). The molecule has 4 heteroatoms. The lowest BCUT2D eigenvalue weighted by Crippen LogP contribution is -1.97. The maximum Gasteiger partial charge on any atom is 0.0527 e. The highest BCUT2D eigenvalue weighted by molar-refractivity contribution is 5.25. The first-order valence-electron chi connectivity index (χ1n) is 6.29. The highest BCUT2D eigenvalue weighted by atomic mass is 15.3. The van der Waals surface area contributed by atoms with Crippen molar-refractivity contribution in [2.45, 2.75) is 46.2 Å². The SMILES string of the molecule is CCCn1cc(C(C)c2cnn(CC)c2)cn1. The summed E-state index contributed by atoms with van der Waals surface area (Å²) in [7, 11) is 0. The van der Waals surface area contributed by atoms with Crippen molar-refractivity contribution in [3.63, 3.8) is 0 Å². The van der Waals surface area contributed by atoms with Gasteiger partial charge in [0.25, 0.3) is 0 Å². The zero-order valence-electron chi connectivity index (χ0n) is 10.8. The Morgan fingerprint density at radius 1 is 1.06 bits per heavy atom. The topological polar surface area (TPSA) is 35.6 Å². The molecule has 1 unspecified atom stereocenters. The van der Waals surface area contributed by atoms with Gasteiger partial charge < -0.3 is 0 Å². The van der Waals surface area contributed by atoms with E-state index in [4.69, 9.17) is 0 Å². The van der Waals surface area contributed by atoms with Crippen LogP contribution in [0.2, 0.25) is 0 Å². The summed E-state index contributed by atoms with van der Waals surface area (Å²) in [6.07, 6.45) is 9.28. The first-order valence-corrected chi connectivity index (χ1v) is 6.29. The number of hydrogen-bond donors (Lipinski definition) is 0. The van der Waals surface area contributed by atoms with Gasteiger partial charge in [-0.15, -0.1) is 0 Å². The van der Waals surface area contributed by atoms with Crippen LogP contribution in [0.5, 0.6) is 0 Å². The van der Waals surface area contributed by atoms with Crippen molar-refractivity contribution < 1.29 is 0 Å². The summed E-state index contributed by atoms with van der Waals surface area (Å²) in [6.45, 7) is 8.36. The van der Waals surface area contributed by atoms with Gasteiger partial charge in [0.15, 0.2) is 0 Å². The number of hydrogen-bond acceptors (Lipinski definition) is 2. The van der Waals surface area contributed by atoms with Crippen LogP contribution < -0.4 is 0 Å². The average molecular weight is 232 g/mol. The molecule has 2 heterocycles. The van der Waals surface area contributed by atoms with Gasteiger partial charge in [-0.1, -0.05) is 13.8 Å². The minimum absolute atomic E-state index is 0.362. The molecule has 2 aromatic rings. The minimum atomic E-state index is 0.362. The zero-order valence-corrected chi connectivity index (χ0v) is 10.8. The first-order chi connectivity index (χ1) is 8.24. The predicted octanol–water partition coefficient (Wildman–Crippen LogP) is 2.66. The Kier molecular flexibility index (Phi) is 3.61. The van der Waals surface area contributed by atoms with E-state index in [1.165, 1.54) is 11.1 Å². The molecule has 1 atom stereocenters. The molecular weight excluding hydrogens is 212 g/mol. The number of nitrogens with zero attached hydrogens (tertiary/aromatic N) is 4. The standard InChI is InChI=1S/C13H20N4/c1-4-6-17-10-13(8-15-17)11(3)12-7-14-16(5-2)9-12/h7-11H,4-6H2,1-3H3. The highest BCUT2D eigenvalue weighted by Gasteiger charge is 2.12. The van der Waals surface area contributed by atoms with Crippen LogP contribution in [0.15, 0.2) is 24.8 Å². The third-order valence-corrected chi connectivity index (χ3v) is 3.08. The molecule has 0 fully saturated rings. The van der Waals surface area contributed by atoms with E-state index in [-0.39, 0.29) is 0 Å². The van der Waals surface area contributed by atoms with Gasteiger partial charge >= 0.3 is 0 Å². The fourth-order valence-electron chi connectivity index (χ4n) is 1.92. The first kappa shape index (κ1) is 11.9. The molecule has 0 saturated carbocycles. The second kappa shape index (κ2) is 5.17. The number of rotatable bonds is 5. The molecule has 0 N–H and O–H groups in total. The van der Waals surface area contributed by atoms with Gasteiger partial charge in [-0.25, -0.2) is 0 Å². The van der Waals surface area contributed by atoms with Crippen molar-refractivity contribution >= 4 is 0 Å². The number of aromatic nitrogens is 4. The molecular formula is C13H20N4. The number of aryl methyl sites for hydroxylation is 2. The van der Waals surface area contributed by atoms with E-state index in [1.807, 2.05) is 21.8 Å². The third kappa shape index (κ3) is 2.57. The van der Waals surface area contributed by atoms with Gasteiger partial charge in [-0.2, -0.15) is 10.2 Å². The Hall–Kier alpha value is -1.58. The van der Waals surface area contributed by atoms with Crippen molar-refractivity contribution in [1.29, 1.82) is 0 Å². The van der Waals surface area contributed by atoms with E-state index in [0.29, 0.717) is 5.92 Å². The van der Waals surface area contributed by atoms with E-state index in [9.17, 15) is 0 Å². The van der Waals surface area contributed by atoms with Gasteiger partial charge in [0, 0.05) is 31.4 Å². The quantitative estimate of drug-likeness (QED) is 0.794. The molecule has 0 aliphatic heterocycles. The molecule has 0 aromatic carbocycles. The Balaban J connectivity index is 2.14. The van der Waals surface area contributed by atoms with E-state index in [0.717, 1.165) is 19.5 Å². The highest BCUT2D eigenvalue weighted by Crippen LogP contribution is 2.22. The van der Waals surface area contributed by atoms with Crippen molar-refractivity contribution in [3.05, 3.63) is 35.9 Å². The smallest absolute Gasteiger partial charge is 0.0527 e. The molecule has 0 amide bonds. The van der Waals surface area contributed by atoms with Gasteiger partial charge in [0.1, 0.15) is 0 Å². The summed E-state index contributed by atoms with van der Waals surface area (Å²) in [6, 6.07) is 0. The predicted molar refractivity (Wildman–Crippen MR) is 67.9 cm³/mol. The zero-order chi connectivity index (χ0) is 12.3. The normalized spacial score (nSPS) is 12.9. The largest absolute Gasteiger partial charge is 0.273 e. The third-order valence-electron chi connectivity index (χ3n) is 3.08. The lowest BCUT2D eigenvalue weighted by Gasteiger charge is -2.05. The summed E-state index contributed by atoms with van der Waals surface area (Å²) in [5.74, 6) is 0.362. The van der Waals surface area contributed by atoms with Gasteiger partial charge in [0.05, 0.1) is 12.4 Å². The van der Waals surface area contributed by atoms with Crippen LogP contribution in [0.25, 0.3) is 0 Å². The monoisotopic (exact) mass is 232 g/mol. The summed E-state index contributed by atoms with van der Waals surface area (Å²) >= 11 is 0. The molecule has 17 heavy (non-hydrogen) atoms. The summed E-state index contributed by atoms with van der Waals surface area (Å²) < 4.78 is 3.97. The molecule has 0 aliphatic carbocycles. The summed E-state index contributed by atoms with van der Waals surface area (Å²) in [5.41, 5.74) is 2.51. The lowest BCUT2D eigenvalue weighted by atomic mass is 9.99. The van der Waals surface area contributed by atoms with Crippen LogP contribution in [-0.4, -0.2) is 19.6 Å². The van der Waals surface area contributed by atoms with E-state index in [1.54, 1.807) is 0 Å². The minimum Gasteiger partial charge on any atom is -0.273 e. The van der Waals surface area contributed by atoms with Gasteiger partial charge in [-0.05, 0) is 24.5 Å². The van der Waals surface area contributed by atoms with E-state index in [2.05, 4.69) is 43.4 Å². The van der Waals surface area contributed by atoms with Crippen molar-refractivity contribution in [2.75, 3.05) is 0 Å². The average Bonchev–Trinajstić information content (AvgIpc) is 2.97. The summed E-state index contributed by atoms with van der Waals surface area (Å²) in [4.78, 5) is 0. The second-order valence-corrected chi connectivity index (χ2v) is 4.39. The van der Waals surface area contributed by atoms with Crippen LogP contribution in [0.4, 0.5) is 0 Å². The Morgan fingerprint density at radius 3 is 2.18 bits per heavy atom. The van der Waals surface area contributed by atoms with E-state index >= 15 is 0 Å². The Labute approximate surface area is 102 Å². The fourth-order valence-corrected chi connectivity index (χ4v) is 1.92. The maximum absolute atomic E-state index is 4.37. The van der Waals surface area contributed by atoms with E-state index < -0.39 is 0 Å². The summed E-state index contributed by atoms with van der Waals surface area (Å²) in [5, 5.41) is 8.68. The maximum atomic E-state index is 4.37. The molecule has 0 radical (unpaired) electrons. The lowest BCUT2D eigenvalue weighted by molar-refractivity contribution is 0.602. The molecule has 0 aliphatic rings.